The summed E-state index contributed by atoms with van der Waals surface area (Å²) in [6.45, 7) is 2.70. The van der Waals surface area contributed by atoms with Crippen molar-refractivity contribution in [2.24, 2.45) is 5.73 Å². The fourth-order valence-electron chi connectivity index (χ4n) is 1.85. The molecule has 0 aliphatic rings. The number of aliphatic carboxylic acids is 2. The number of rotatable bonds is 6. The van der Waals surface area contributed by atoms with Crippen LogP contribution in [-0.2, 0) is 9.59 Å². The molecule has 0 saturated carbocycles. The van der Waals surface area contributed by atoms with Crippen LogP contribution in [-0.4, -0.2) is 44.8 Å². The number of nitrogens with zero attached hydrogens (tertiary/aromatic N) is 1. The van der Waals surface area contributed by atoms with E-state index in [2.05, 4.69) is 10.3 Å². The molecular weight excluding hydrogens is 266 g/mol. The lowest BCUT2D eigenvalue weighted by Crippen LogP contribution is -2.45. The Morgan fingerprint density at radius 1 is 1.40 bits per heavy atom. The largest absolute Gasteiger partial charge is 0.506 e. The smallest absolute Gasteiger partial charge is 0.322 e. The second-order valence-electron chi connectivity index (χ2n) is 4.41. The number of aryl methyl sites for hydroxylation is 2. The van der Waals surface area contributed by atoms with Crippen LogP contribution in [0.2, 0.25) is 0 Å². The van der Waals surface area contributed by atoms with E-state index < -0.39 is 30.6 Å². The molecule has 2 atom stereocenters. The van der Waals surface area contributed by atoms with Gasteiger partial charge < -0.3 is 21.1 Å². The molecule has 8 nitrogen and oxygen atoms in total. The van der Waals surface area contributed by atoms with Crippen LogP contribution >= 0.6 is 0 Å². The molecule has 1 aromatic heterocycles. The maximum atomic E-state index is 11.1. The average molecular weight is 283 g/mol. The molecule has 0 bridgehead atoms. The number of nitrogens with two attached hydrogens (primary N) is 1. The van der Waals surface area contributed by atoms with Gasteiger partial charge in [0.1, 0.15) is 11.8 Å². The highest BCUT2D eigenvalue weighted by Crippen LogP contribution is 2.30. The minimum absolute atomic E-state index is 0.190. The molecule has 0 saturated heterocycles. The summed E-state index contributed by atoms with van der Waals surface area (Å²) in [5.74, 6) is -2.65. The van der Waals surface area contributed by atoms with Crippen molar-refractivity contribution >= 4 is 11.9 Å². The van der Waals surface area contributed by atoms with Gasteiger partial charge in [-0.15, -0.1) is 0 Å². The van der Waals surface area contributed by atoms with E-state index in [9.17, 15) is 14.7 Å². The van der Waals surface area contributed by atoms with Gasteiger partial charge in [0.2, 0.25) is 0 Å². The molecule has 0 aromatic carbocycles. The minimum atomic E-state index is -1.40. The van der Waals surface area contributed by atoms with Crippen LogP contribution in [0.4, 0.5) is 0 Å². The second-order valence-corrected chi connectivity index (χ2v) is 4.41. The fourth-order valence-corrected chi connectivity index (χ4v) is 1.85. The topological polar surface area (TPSA) is 146 Å². The quantitative estimate of drug-likeness (QED) is 0.471. The maximum Gasteiger partial charge on any atom is 0.322 e. The highest BCUT2D eigenvalue weighted by Gasteiger charge is 2.30. The Kier molecular flexibility index (Phi) is 5.00. The Morgan fingerprint density at radius 3 is 2.50 bits per heavy atom. The predicted molar refractivity (Wildman–Crippen MR) is 69.4 cm³/mol. The van der Waals surface area contributed by atoms with Crippen LogP contribution in [0.3, 0.4) is 0 Å². The van der Waals surface area contributed by atoms with Gasteiger partial charge in [0.15, 0.2) is 0 Å². The Balaban J connectivity index is 3.26. The van der Waals surface area contributed by atoms with Gasteiger partial charge in [0.05, 0.1) is 18.3 Å². The van der Waals surface area contributed by atoms with E-state index in [1.807, 2.05) is 0 Å². The van der Waals surface area contributed by atoms with Crippen LogP contribution < -0.4 is 11.1 Å². The number of aromatic nitrogens is 1. The van der Waals surface area contributed by atoms with Crippen molar-refractivity contribution in [1.82, 2.24) is 10.3 Å². The van der Waals surface area contributed by atoms with E-state index >= 15 is 0 Å². The summed E-state index contributed by atoms with van der Waals surface area (Å²) in [4.78, 5) is 25.6. The lowest BCUT2D eigenvalue weighted by Gasteiger charge is -2.24. The first kappa shape index (κ1) is 15.9. The van der Waals surface area contributed by atoms with Crippen LogP contribution in [0.5, 0.6) is 5.75 Å². The summed E-state index contributed by atoms with van der Waals surface area (Å²) >= 11 is 0. The fraction of sp³-hybridized carbons (Fsp3) is 0.417. The summed E-state index contributed by atoms with van der Waals surface area (Å²) in [5, 5.41) is 30.3. The number of carboxylic acid groups (broad SMARTS) is 2. The minimum Gasteiger partial charge on any atom is -0.506 e. The highest BCUT2D eigenvalue weighted by atomic mass is 16.4. The number of hydrogen-bond donors (Lipinski definition) is 5. The predicted octanol–water partition coefficient (Wildman–Crippen LogP) is -0.469. The molecule has 6 N–H and O–H groups in total. The van der Waals surface area contributed by atoms with Gasteiger partial charge in [-0.3, -0.25) is 19.9 Å². The molecule has 0 aliphatic carbocycles. The highest BCUT2D eigenvalue weighted by molar-refractivity contribution is 5.75. The third-order valence-corrected chi connectivity index (χ3v) is 2.90. The zero-order valence-corrected chi connectivity index (χ0v) is 11.1. The molecule has 1 aromatic rings. The van der Waals surface area contributed by atoms with Crippen molar-refractivity contribution < 1.29 is 24.9 Å². The summed E-state index contributed by atoms with van der Waals surface area (Å²) in [6.07, 6.45) is 1.47. The second kappa shape index (κ2) is 6.31. The molecule has 0 unspecified atom stereocenters. The van der Waals surface area contributed by atoms with Crippen molar-refractivity contribution in [3.8, 4) is 5.75 Å². The van der Waals surface area contributed by atoms with E-state index in [0.29, 0.717) is 11.3 Å². The number of hydrogen-bond acceptors (Lipinski definition) is 6. The zero-order valence-electron chi connectivity index (χ0n) is 11.1. The lowest BCUT2D eigenvalue weighted by atomic mass is 9.95. The Morgan fingerprint density at radius 2 is 2.00 bits per heavy atom. The van der Waals surface area contributed by atoms with Gasteiger partial charge in [-0.25, -0.2) is 0 Å². The number of carbonyl (C=O) groups is 2. The SMILES string of the molecule is Cc1cnc(C)c(O)c1[C@@H](NCC(=O)O)[C@H](N)C(=O)O. The molecule has 0 fully saturated rings. The van der Waals surface area contributed by atoms with E-state index in [-0.39, 0.29) is 11.3 Å². The number of aromatic hydroxyl groups is 1. The van der Waals surface area contributed by atoms with Crippen molar-refractivity contribution in [2.75, 3.05) is 6.54 Å². The van der Waals surface area contributed by atoms with Gasteiger partial charge in [-0.05, 0) is 19.4 Å². The molecule has 1 rings (SSSR count). The molecule has 0 aliphatic heterocycles. The molecule has 20 heavy (non-hydrogen) atoms. The summed E-state index contributed by atoms with van der Waals surface area (Å²) in [7, 11) is 0. The van der Waals surface area contributed by atoms with E-state index in [1.165, 1.54) is 6.20 Å². The standard InChI is InChI=1S/C12H17N3O5/c1-5-3-14-6(2)11(18)8(5)10(9(13)12(19)20)15-4-7(16)17/h3,9-10,15,18H,4,13H2,1-2H3,(H,16,17)(H,19,20)/t9-,10+/m0/s1. The average Bonchev–Trinajstić information content (AvgIpc) is 2.36. The Bertz CT molecular complexity index is 532. The van der Waals surface area contributed by atoms with Gasteiger partial charge in [0, 0.05) is 11.8 Å². The number of nitrogens with one attached hydrogen (secondary N) is 1. The van der Waals surface area contributed by atoms with E-state index in [4.69, 9.17) is 15.9 Å². The summed E-state index contributed by atoms with van der Waals surface area (Å²) < 4.78 is 0. The third-order valence-electron chi connectivity index (χ3n) is 2.90. The summed E-state index contributed by atoms with van der Waals surface area (Å²) in [5.41, 5.74) is 6.66. The van der Waals surface area contributed by atoms with Crippen molar-refractivity contribution in [2.45, 2.75) is 25.9 Å². The summed E-state index contributed by atoms with van der Waals surface area (Å²) in [6, 6.07) is -2.44. The molecule has 0 spiro atoms. The van der Waals surface area contributed by atoms with Gasteiger partial charge in [-0.1, -0.05) is 0 Å². The molecule has 1 heterocycles. The van der Waals surface area contributed by atoms with Gasteiger partial charge in [-0.2, -0.15) is 0 Å². The van der Waals surface area contributed by atoms with Crippen LogP contribution in [0, 0.1) is 13.8 Å². The van der Waals surface area contributed by atoms with Crippen molar-refractivity contribution in [1.29, 1.82) is 0 Å². The van der Waals surface area contributed by atoms with Crippen LogP contribution in [0.15, 0.2) is 6.20 Å². The third kappa shape index (κ3) is 3.43. The van der Waals surface area contributed by atoms with Gasteiger partial charge >= 0.3 is 11.9 Å². The van der Waals surface area contributed by atoms with E-state index in [0.717, 1.165) is 0 Å². The van der Waals surface area contributed by atoms with Crippen molar-refractivity contribution in [3.05, 3.63) is 23.0 Å². The first-order valence-corrected chi connectivity index (χ1v) is 5.84. The van der Waals surface area contributed by atoms with E-state index in [1.54, 1.807) is 13.8 Å². The molecular formula is C12H17N3O5. The zero-order chi connectivity index (χ0) is 15.4. The van der Waals surface area contributed by atoms with Crippen LogP contribution in [0.25, 0.3) is 0 Å². The molecule has 8 heteroatoms. The molecule has 0 amide bonds. The molecule has 0 radical (unpaired) electrons. The Hall–Kier alpha value is -2.19. The first-order chi connectivity index (χ1) is 9.25. The monoisotopic (exact) mass is 283 g/mol. The number of pyridine rings is 1. The first-order valence-electron chi connectivity index (χ1n) is 5.84. The lowest BCUT2D eigenvalue weighted by molar-refractivity contribution is -0.140. The van der Waals surface area contributed by atoms with Crippen LogP contribution in [0.1, 0.15) is 22.9 Å². The number of carboxylic acids is 2. The van der Waals surface area contributed by atoms with Gasteiger partial charge in [0.25, 0.3) is 0 Å². The molecule has 110 valence electrons. The van der Waals surface area contributed by atoms with Crippen molar-refractivity contribution in [3.63, 3.8) is 0 Å². The maximum absolute atomic E-state index is 11.1. The Labute approximate surface area is 115 Å². The normalized spacial score (nSPS) is 13.8.